The zero-order valence-corrected chi connectivity index (χ0v) is 10.2. The van der Waals surface area contributed by atoms with Crippen LogP contribution in [0.4, 0.5) is 0 Å². The Balaban J connectivity index is 2.68. The average molecular weight is 207 g/mol. The zero-order chi connectivity index (χ0) is 11.4. The van der Waals surface area contributed by atoms with Gasteiger partial charge in [-0.3, -0.25) is 4.68 Å². The van der Waals surface area contributed by atoms with Gasteiger partial charge in [-0.15, -0.1) is 6.58 Å². The normalized spacial score (nSPS) is 12.8. The van der Waals surface area contributed by atoms with E-state index in [9.17, 15) is 0 Å². The maximum Gasteiger partial charge on any atom is 0.0628 e. The second kappa shape index (κ2) is 5.12. The molecule has 0 aliphatic heterocycles. The van der Waals surface area contributed by atoms with E-state index < -0.39 is 0 Å². The first kappa shape index (κ1) is 12.0. The van der Waals surface area contributed by atoms with E-state index in [-0.39, 0.29) is 0 Å². The lowest BCUT2D eigenvalue weighted by Gasteiger charge is -2.10. The Bertz CT molecular complexity index is 339. The number of nitrogens with zero attached hydrogens (tertiary/aromatic N) is 2. The number of aromatic nitrogens is 2. The third kappa shape index (κ3) is 2.69. The van der Waals surface area contributed by atoms with Gasteiger partial charge in [0.2, 0.25) is 0 Å². The Kier molecular flexibility index (Phi) is 4.09. The minimum Gasteiger partial charge on any atom is -0.314 e. The van der Waals surface area contributed by atoms with E-state index >= 15 is 0 Å². The molecule has 1 N–H and O–H groups in total. The summed E-state index contributed by atoms with van der Waals surface area (Å²) >= 11 is 0. The molecular weight excluding hydrogens is 186 g/mol. The van der Waals surface area contributed by atoms with Crippen LogP contribution in [0.3, 0.4) is 0 Å². The molecule has 0 amide bonds. The third-order valence-corrected chi connectivity index (χ3v) is 3.02. The molecule has 1 unspecified atom stereocenters. The van der Waals surface area contributed by atoms with Crippen molar-refractivity contribution in [3.8, 4) is 0 Å². The monoisotopic (exact) mass is 207 g/mol. The summed E-state index contributed by atoms with van der Waals surface area (Å²) in [5.74, 6) is 0. The van der Waals surface area contributed by atoms with Crippen molar-refractivity contribution < 1.29 is 0 Å². The summed E-state index contributed by atoms with van der Waals surface area (Å²) in [5, 5.41) is 7.63. The molecular formula is C12H21N3. The number of likely N-dealkylation sites (N-methyl/N-ethyl adjacent to an activating group) is 1. The lowest BCUT2D eigenvalue weighted by atomic mass is 10.0. The molecule has 0 bridgehead atoms. The van der Waals surface area contributed by atoms with Crippen LogP contribution in [0.5, 0.6) is 0 Å². The van der Waals surface area contributed by atoms with Crippen LogP contribution in [-0.4, -0.2) is 22.9 Å². The summed E-state index contributed by atoms with van der Waals surface area (Å²) < 4.78 is 1.95. The second-order valence-electron chi connectivity index (χ2n) is 3.94. The van der Waals surface area contributed by atoms with E-state index in [4.69, 9.17) is 0 Å². The van der Waals surface area contributed by atoms with Gasteiger partial charge >= 0.3 is 0 Å². The van der Waals surface area contributed by atoms with Crippen molar-refractivity contribution in [3.05, 3.63) is 29.6 Å². The fraction of sp³-hybridized carbons (Fsp3) is 0.583. The quantitative estimate of drug-likeness (QED) is 0.745. The van der Waals surface area contributed by atoms with Gasteiger partial charge in [-0.05, 0) is 39.3 Å². The lowest BCUT2D eigenvalue weighted by Crippen LogP contribution is -2.23. The molecule has 1 atom stereocenters. The molecule has 84 valence electrons. The van der Waals surface area contributed by atoms with Crippen LogP contribution in [-0.2, 0) is 13.5 Å². The van der Waals surface area contributed by atoms with E-state index in [1.54, 1.807) is 0 Å². The van der Waals surface area contributed by atoms with Crippen LogP contribution in [0.1, 0.15) is 23.4 Å². The van der Waals surface area contributed by atoms with Gasteiger partial charge in [-0.25, -0.2) is 0 Å². The summed E-state index contributed by atoms with van der Waals surface area (Å²) in [6.45, 7) is 8.01. The topological polar surface area (TPSA) is 29.9 Å². The maximum absolute atomic E-state index is 4.41. The molecule has 3 nitrogen and oxygen atoms in total. The number of nitrogens with one attached hydrogen (secondary N) is 1. The van der Waals surface area contributed by atoms with Gasteiger partial charge in [-0.2, -0.15) is 5.10 Å². The van der Waals surface area contributed by atoms with Crippen molar-refractivity contribution in [2.45, 2.75) is 32.7 Å². The number of hydrogen-bond acceptors (Lipinski definition) is 2. The van der Waals surface area contributed by atoms with E-state index in [0.29, 0.717) is 6.04 Å². The van der Waals surface area contributed by atoms with E-state index in [0.717, 1.165) is 18.5 Å². The molecule has 0 aliphatic rings. The van der Waals surface area contributed by atoms with Gasteiger partial charge in [0.25, 0.3) is 0 Å². The van der Waals surface area contributed by atoms with Crippen LogP contribution in [0.25, 0.3) is 0 Å². The molecule has 1 aromatic rings. The third-order valence-electron chi connectivity index (χ3n) is 3.02. The lowest BCUT2D eigenvalue weighted by molar-refractivity contribution is 0.612. The molecule has 0 aromatic carbocycles. The predicted molar refractivity (Wildman–Crippen MR) is 64.0 cm³/mol. The van der Waals surface area contributed by atoms with Gasteiger partial charge in [0.15, 0.2) is 0 Å². The van der Waals surface area contributed by atoms with Crippen molar-refractivity contribution in [1.82, 2.24) is 15.1 Å². The van der Waals surface area contributed by atoms with Crippen LogP contribution in [0.2, 0.25) is 0 Å². The first-order chi connectivity index (χ1) is 7.10. The van der Waals surface area contributed by atoms with Crippen molar-refractivity contribution >= 4 is 0 Å². The van der Waals surface area contributed by atoms with Crippen molar-refractivity contribution in [1.29, 1.82) is 0 Å². The van der Waals surface area contributed by atoms with Gasteiger partial charge in [-0.1, -0.05) is 6.08 Å². The summed E-state index contributed by atoms with van der Waals surface area (Å²) in [5.41, 5.74) is 3.79. The molecule has 0 saturated carbocycles. The van der Waals surface area contributed by atoms with Crippen LogP contribution >= 0.6 is 0 Å². The van der Waals surface area contributed by atoms with Crippen LogP contribution in [0, 0.1) is 13.8 Å². The highest BCUT2D eigenvalue weighted by molar-refractivity contribution is 5.24. The van der Waals surface area contributed by atoms with Crippen molar-refractivity contribution in [3.63, 3.8) is 0 Å². The van der Waals surface area contributed by atoms with Crippen LogP contribution < -0.4 is 5.32 Å². The Morgan fingerprint density at radius 1 is 1.53 bits per heavy atom. The fourth-order valence-corrected chi connectivity index (χ4v) is 1.86. The molecule has 3 heteroatoms. The molecule has 1 heterocycles. The molecule has 1 aromatic heterocycles. The van der Waals surface area contributed by atoms with Gasteiger partial charge in [0.05, 0.1) is 5.69 Å². The van der Waals surface area contributed by atoms with E-state index in [1.807, 2.05) is 24.9 Å². The molecule has 0 fully saturated rings. The summed E-state index contributed by atoms with van der Waals surface area (Å²) in [6.07, 6.45) is 4.09. The van der Waals surface area contributed by atoms with Gasteiger partial charge in [0.1, 0.15) is 0 Å². The molecule has 0 radical (unpaired) electrons. The Hall–Kier alpha value is -1.09. The first-order valence-electron chi connectivity index (χ1n) is 5.39. The summed E-state index contributed by atoms with van der Waals surface area (Å²) in [6, 6.07) is 0.393. The number of hydrogen-bond donors (Lipinski definition) is 1. The molecule has 0 aliphatic carbocycles. The summed E-state index contributed by atoms with van der Waals surface area (Å²) in [7, 11) is 3.96. The smallest absolute Gasteiger partial charge is 0.0628 e. The standard InChI is InChI=1S/C12H21N3/c1-6-11(13-4)7-8-12-9(2)14-15(5)10(12)3/h6,11,13H,1,7-8H2,2-5H3. The predicted octanol–water partition coefficient (Wildman–Crippen LogP) is 1.74. The maximum atomic E-state index is 4.41. The van der Waals surface area contributed by atoms with E-state index in [1.165, 1.54) is 11.3 Å². The van der Waals surface area contributed by atoms with Crippen LogP contribution in [0.15, 0.2) is 12.7 Å². The molecule has 0 spiro atoms. The van der Waals surface area contributed by atoms with E-state index in [2.05, 4.69) is 30.8 Å². The highest BCUT2D eigenvalue weighted by Crippen LogP contribution is 2.14. The van der Waals surface area contributed by atoms with Gasteiger partial charge in [0, 0.05) is 18.8 Å². The molecule has 1 rings (SSSR count). The minimum absolute atomic E-state index is 0.393. The average Bonchev–Trinajstić information content (AvgIpc) is 2.45. The first-order valence-corrected chi connectivity index (χ1v) is 5.39. The number of rotatable bonds is 5. The molecule has 0 saturated heterocycles. The summed E-state index contributed by atoms with van der Waals surface area (Å²) in [4.78, 5) is 0. The zero-order valence-electron chi connectivity index (χ0n) is 10.2. The Morgan fingerprint density at radius 2 is 2.20 bits per heavy atom. The Labute approximate surface area is 92.2 Å². The van der Waals surface area contributed by atoms with Gasteiger partial charge < -0.3 is 5.32 Å². The van der Waals surface area contributed by atoms with Crippen molar-refractivity contribution in [2.24, 2.45) is 7.05 Å². The Morgan fingerprint density at radius 3 is 2.60 bits per heavy atom. The highest BCUT2D eigenvalue weighted by Gasteiger charge is 2.10. The highest BCUT2D eigenvalue weighted by atomic mass is 15.3. The SMILES string of the molecule is C=CC(CCc1c(C)nn(C)c1C)NC. The molecule has 15 heavy (non-hydrogen) atoms. The fourth-order valence-electron chi connectivity index (χ4n) is 1.86. The minimum atomic E-state index is 0.393. The number of aryl methyl sites for hydroxylation is 2. The second-order valence-corrected chi connectivity index (χ2v) is 3.94. The largest absolute Gasteiger partial charge is 0.314 e. The van der Waals surface area contributed by atoms with Crippen molar-refractivity contribution in [2.75, 3.05) is 7.05 Å².